The third-order valence-corrected chi connectivity index (χ3v) is 4.49. The van der Waals surface area contributed by atoms with Crippen molar-refractivity contribution >= 4 is 28.3 Å². The number of carbonyl (C=O) groups excluding carboxylic acids is 1. The second kappa shape index (κ2) is 12.1. The average Bonchev–Trinajstić information content (AvgIpc) is 2.52. The van der Waals surface area contributed by atoms with Crippen LogP contribution in [-0.4, -0.2) is 47.6 Å². The summed E-state index contributed by atoms with van der Waals surface area (Å²) >= 11 is 0. The predicted octanol–water partition coefficient (Wildman–Crippen LogP) is 0.901. The van der Waals surface area contributed by atoms with E-state index in [-0.39, 0.29) is 36.2 Å². The molecule has 1 amide bonds. The van der Waals surface area contributed by atoms with Crippen molar-refractivity contribution in [3.63, 3.8) is 0 Å². The SMILES string of the molecule is CCOc1ccc(S(=O)(=O)NCCC(=O)NCCCNC)cc1.Cl. The molecule has 1 rings (SSSR count). The summed E-state index contributed by atoms with van der Waals surface area (Å²) in [7, 11) is -1.77. The lowest BCUT2D eigenvalue weighted by Crippen LogP contribution is -2.31. The van der Waals surface area contributed by atoms with E-state index in [4.69, 9.17) is 4.74 Å². The molecule has 3 N–H and O–H groups in total. The van der Waals surface area contributed by atoms with Gasteiger partial charge >= 0.3 is 0 Å². The van der Waals surface area contributed by atoms with Gasteiger partial charge in [-0.15, -0.1) is 12.4 Å². The number of benzene rings is 1. The summed E-state index contributed by atoms with van der Waals surface area (Å²) in [4.78, 5) is 11.7. The van der Waals surface area contributed by atoms with Gasteiger partial charge in [-0.3, -0.25) is 4.79 Å². The van der Waals surface area contributed by atoms with Gasteiger partial charge in [-0.1, -0.05) is 0 Å². The summed E-state index contributed by atoms with van der Waals surface area (Å²) in [5.74, 6) is 0.447. The van der Waals surface area contributed by atoms with Crippen LogP contribution in [0.5, 0.6) is 5.75 Å². The quantitative estimate of drug-likeness (QED) is 0.496. The zero-order valence-corrected chi connectivity index (χ0v) is 15.6. The maximum atomic E-state index is 12.1. The molecule has 0 saturated heterocycles. The van der Waals surface area contributed by atoms with Crippen LogP contribution in [0, 0.1) is 0 Å². The molecule has 0 bridgehead atoms. The van der Waals surface area contributed by atoms with Crippen LogP contribution in [0.2, 0.25) is 0 Å². The molecule has 0 aromatic heterocycles. The third-order valence-electron chi connectivity index (χ3n) is 3.01. The van der Waals surface area contributed by atoms with E-state index in [2.05, 4.69) is 15.4 Å². The van der Waals surface area contributed by atoms with Gasteiger partial charge in [-0.2, -0.15) is 0 Å². The summed E-state index contributed by atoms with van der Waals surface area (Å²) in [5, 5.41) is 5.72. The molecule has 0 atom stereocenters. The molecule has 1 aromatic carbocycles. The van der Waals surface area contributed by atoms with Crippen LogP contribution >= 0.6 is 12.4 Å². The lowest BCUT2D eigenvalue weighted by molar-refractivity contribution is -0.120. The van der Waals surface area contributed by atoms with Crippen molar-refractivity contribution < 1.29 is 17.9 Å². The van der Waals surface area contributed by atoms with Gasteiger partial charge in [0.15, 0.2) is 0 Å². The minimum absolute atomic E-state index is 0. The number of carbonyl (C=O) groups is 1. The van der Waals surface area contributed by atoms with E-state index in [9.17, 15) is 13.2 Å². The molecule has 9 heteroatoms. The van der Waals surface area contributed by atoms with E-state index in [0.717, 1.165) is 13.0 Å². The van der Waals surface area contributed by atoms with Gasteiger partial charge in [-0.25, -0.2) is 13.1 Å². The Hall–Kier alpha value is -1.35. The standard InChI is InChI=1S/C15H25N3O4S.ClH/c1-3-22-13-5-7-14(8-6-13)23(20,21)18-12-9-15(19)17-11-4-10-16-2;/h5-8,16,18H,3-4,9-12H2,1-2H3,(H,17,19);1H. The van der Waals surface area contributed by atoms with Crippen LogP contribution in [0.3, 0.4) is 0 Å². The summed E-state index contributed by atoms with van der Waals surface area (Å²) in [6.07, 6.45) is 0.940. The molecule has 0 aliphatic heterocycles. The predicted molar refractivity (Wildman–Crippen MR) is 96.2 cm³/mol. The lowest BCUT2D eigenvalue weighted by Gasteiger charge is -2.08. The molecular formula is C15H26ClN3O4S. The van der Waals surface area contributed by atoms with Gasteiger partial charge < -0.3 is 15.4 Å². The van der Waals surface area contributed by atoms with Crippen LogP contribution in [0.25, 0.3) is 0 Å². The molecule has 0 radical (unpaired) electrons. The molecule has 0 spiro atoms. The fourth-order valence-electron chi connectivity index (χ4n) is 1.85. The summed E-state index contributed by atoms with van der Waals surface area (Å²) in [5.41, 5.74) is 0. The van der Waals surface area contributed by atoms with E-state index >= 15 is 0 Å². The number of sulfonamides is 1. The fourth-order valence-corrected chi connectivity index (χ4v) is 2.88. The molecule has 24 heavy (non-hydrogen) atoms. The van der Waals surface area contributed by atoms with E-state index in [1.165, 1.54) is 12.1 Å². The van der Waals surface area contributed by atoms with Crippen molar-refractivity contribution in [2.75, 3.05) is 33.3 Å². The normalized spacial score (nSPS) is 10.8. The highest BCUT2D eigenvalue weighted by Crippen LogP contribution is 2.15. The molecular weight excluding hydrogens is 354 g/mol. The topological polar surface area (TPSA) is 96.5 Å². The van der Waals surface area contributed by atoms with E-state index in [1.54, 1.807) is 12.1 Å². The second-order valence-electron chi connectivity index (χ2n) is 4.86. The highest BCUT2D eigenvalue weighted by Gasteiger charge is 2.14. The number of halogens is 1. The monoisotopic (exact) mass is 379 g/mol. The zero-order chi connectivity index (χ0) is 17.1. The Bertz CT molecular complexity index is 579. The zero-order valence-electron chi connectivity index (χ0n) is 14.0. The second-order valence-corrected chi connectivity index (χ2v) is 6.63. The number of hydrogen-bond acceptors (Lipinski definition) is 5. The van der Waals surface area contributed by atoms with Gasteiger partial charge in [0.2, 0.25) is 15.9 Å². The van der Waals surface area contributed by atoms with Gasteiger partial charge in [0.05, 0.1) is 11.5 Å². The number of hydrogen-bond donors (Lipinski definition) is 3. The van der Waals surface area contributed by atoms with Crippen LogP contribution in [-0.2, 0) is 14.8 Å². The largest absolute Gasteiger partial charge is 0.494 e. The molecule has 0 heterocycles. The summed E-state index contributed by atoms with van der Waals surface area (Å²) in [6, 6.07) is 6.16. The Morgan fingerprint density at radius 1 is 1.12 bits per heavy atom. The molecule has 0 aliphatic carbocycles. The van der Waals surface area contributed by atoms with Crippen molar-refractivity contribution in [2.45, 2.75) is 24.7 Å². The number of nitrogens with one attached hydrogen (secondary N) is 3. The van der Waals surface area contributed by atoms with Crippen LogP contribution in [0.15, 0.2) is 29.2 Å². The summed E-state index contributed by atoms with van der Waals surface area (Å²) in [6.45, 7) is 3.84. The first-order valence-electron chi connectivity index (χ1n) is 7.63. The fraction of sp³-hybridized carbons (Fsp3) is 0.533. The van der Waals surface area contributed by atoms with E-state index in [0.29, 0.717) is 18.9 Å². The molecule has 138 valence electrons. The molecule has 0 aliphatic rings. The number of amides is 1. The van der Waals surface area contributed by atoms with Crippen molar-refractivity contribution in [1.29, 1.82) is 0 Å². The van der Waals surface area contributed by atoms with Gasteiger partial charge in [0.25, 0.3) is 0 Å². The van der Waals surface area contributed by atoms with E-state index in [1.807, 2.05) is 14.0 Å². The molecule has 1 aromatic rings. The van der Waals surface area contributed by atoms with Crippen molar-refractivity contribution in [3.8, 4) is 5.75 Å². The van der Waals surface area contributed by atoms with Gasteiger partial charge in [-0.05, 0) is 51.2 Å². The average molecular weight is 380 g/mol. The Balaban J connectivity index is 0.00000529. The molecule has 7 nitrogen and oxygen atoms in total. The van der Waals surface area contributed by atoms with Gasteiger partial charge in [0.1, 0.15) is 5.75 Å². The Labute approximate surface area is 150 Å². The van der Waals surface area contributed by atoms with Crippen LogP contribution < -0.4 is 20.1 Å². The Morgan fingerprint density at radius 3 is 2.38 bits per heavy atom. The number of rotatable bonds is 11. The molecule has 0 unspecified atom stereocenters. The molecule has 0 fully saturated rings. The Kier molecular flexibility index (Phi) is 11.4. The maximum absolute atomic E-state index is 12.1. The minimum atomic E-state index is -3.61. The highest BCUT2D eigenvalue weighted by atomic mass is 35.5. The molecule has 0 saturated carbocycles. The minimum Gasteiger partial charge on any atom is -0.494 e. The van der Waals surface area contributed by atoms with Crippen molar-refractivity contribution in [1.82, 2.24) is 15.4 Å². The summed E-state index contributed by atoms with van der Waals surface area (Å²) < 4.78 is 31.9. The maximum Gasteiger partial charge on any atom is 0.240 e. The Morgan fingerprint density at radius 2 is 1.79 bits per heavy atom. The van der Waals surface area contributed by atoms with E-state index < -0.39 is 10.0 Å². The smallest absolute Gasteiger partial charge is 0.240 e. The van der Waals surface area contributed by atoms with Crippen LogP contribution in [0.4, 0.5) is 0 Å². The number of ether oxygens (including phenoxy) is 1. The first kappa shape index (κ1) is 22.6. The van der Waals surface area contributed by atoms with Crippen LogP contribution in [0.1, 0.15) is 19.8 Å². The highest BCUT2D eigenvalue weighted by molar-refractivity contribution is 7.89. The van der Waals surface area contributed by atoms with Crippen molar-refractivity contribution in [3.05, 3.63) is 24.3 Å². The first-order chi connectivity index (χ1) is 11.0. The lowest BCUT2D eigenvalue weighted by atomic mass is 10.3. The first-order valence-corrected chi connectivity index (χ1v) is 9.11. The van der Waals surface area contributed by atoms with Gasteiger partial charge in [0, 0.05) is 19.5 Å². The van der Waals surface area contributed by atoms with Crippen molar-refractivity contribution in [2.24, 2.45) is 0 Å². The third kappa shape index (κ3) is 8.49.